The van der Waals surface area contributed by atoms with E-state index < -0.39 is 0 Å². The Morgan fingerprint density at radius 3 is 1.96 bits per heavy atom. The SMILES string of the molecule is COc1ccc(Nc2nc(Nc3ccc(OC)cc3)c3[nH]cnc3n2)cc1. The standard InChI is InChI=1S/C19H18N6O2/c1-26-14-7-3-12(4-8-14)22-18-16-17(21-11-20-16)24-19(25-18)23-13-5-9-15(27-2)10-6-13/h3-11H,1-2H3,(H3,20,21,22,23,24,25). The van der Waals surface area contributed by atoms with E-state index in [9.17, 15) is 0 Å². The number of rotatable bonds is 6. The molecule has 4 aromatic rings. The third-order valence-electron chi connectivity index (χ3n) is 3.98. The van der Waals surface area contributed by atoms with Crippen LogP contribution >= 0.6 is 0 Å². The van der Waals surface area contributed by atoms with Crippen molar-refractivity contribution in [3.8, 4) is 11.5 Å². The Kier molecular flexibility index (Phi) is 4.44. The molecule has 3 N–H and O–H groups in total. The summed E-state index contributed by atoms with van der Waals surface area (Å²) in [7, 11) is 3.27. The second kappa shape index (κ2) is 7.20. The molecule has 0 radical (unpaired) electrons. The minimum atomic E-state index is 0.441. The molecule has 0 aliphatic carbocycles. The van der Waals surface area contributed by atoms with Crippen LogP contribution in [0.5, 0.6) is 11.5 Å². The highest BCUT2D eigenvalue weighted by molar-refractivity contribution is 5.86. The van der Waals surface area contributed by atoms with Crippen LogP contribution in [0, 0.1) is 0 Å². The van der Waals surface area contributed by atoms with Crippen molar-refractivity contribution < 1.29 is 9.47 Å². The molecule has 0 saturated heterocycles. The highest BCUT2D eigenvalue weighted by Gasteiger charge is 2.11. The minimum Gasteiger partial charge on any atom is -0.497 e. The Hall–Kier alpha value is -3.81. The first-order valence-electron chi connectivity index (χ1n) is 8.28. The van der Waals surface area contributed by atoms with Crippen molar-refractivity contribution >= 4 is 34.3 Å². The summed E-state index contributed by atoms with van der Waals surface area (Å²) in [5.41, 5.74) is 3.02. The van der Waals surface area contributed by atoms with Crippen LogP contribution in [-0.4, -0.2) is 34.2 Å². The topological polar surface area (TPSA) is 97.0 Å². The molecule has 0 saturated carbocycles. The van der Waals surface area contributed by atoms with E-state index in [2.05, 4.69) is 30.6 Å². The van der Waals surface area contributed by atoms with Gasteiger partial charge in [0.1, 0.15) is 17.0 Å². The van der Waals surface area contributed by atoms with Crippen molar-refractivity contribution in [2.75, 3.05) is 24.9 Å². The fourth-order valence-electron chi connectivity index (χ4n) is 2.59. The molecular weight excluding hydrogens is 344 g/mol. The molecule has 8 heteroatoms. The quantitative estimate of drug-likeness (QED) is 0.479. The van der Waals surface area contributed by atoms with Crippen LogP contribution in [0.3, 0.4) is 0 Å². The van der Waals surface area contributed by atoms with Gasteiger partial charge >= 0.3 is 0 Å². The summed E-state index contributed by atoms with van der Waals surface area (Å²) < 4.78 is 10.4. The molecule has 0 aliphatic heterocycles. The molecule has 0 amide bonds. The van der Waals surface area contributed by atoms with Gasteiger partial charge in [-0.15, -0.1) is 0 Å². The smallest absolute Gasteiger partial charge is 0.231 e. The monoisotopic (exact) mass is 362 g/mol. The second-order valence-electron chi connectivity index (χ2n) is 5.70. The van der Waals surface area contributed by atoms with Gasteiger partial charge in [0.2, 0.25) is 5.95 Å². The van der Waals surface area contributed by atoms with Gasteiger partial charge in [-0.05, 0) is 48.5 Å². The van der Waals surface area contributed by atoms with Crippen LogP contribution in [0.4, 0.5) is 23.1 Å². The summed E-state index contributed by atoms with van der Waals surface area (Å²) in [5, 5.41) is 6.48. The fraction of sp³-hybridized carbons (Fsp3) is 0.105. The molecule has 8 nitrogen and oxygen atoms in total. The molecule has 0 atom stereocenters. The number of hydrogen-bond donors (Lipinski definition) is 3. The van der Waals surface area contributed by atoms with Crippen molar-refractivity contribution in [3.05, 3.63) is 54.9 Å². The summed E-state index contributed by atoms with van der Waals surface area (Å²) in [4.78, 5) is 16.3. The largest absolute Gasteiger partial charge is 0.497 e. The van der Waals surface area contributed by atoms with Crippen LogP contribution in [0.25, 0.3) is 11.2 Å². The van der Waals surface area contributed by atoms with Crippen LogP contribution < -0.4 is 20.1 Å². The van der Waals surface area contributed by atoms with Crippen molar-refractivity contribution in [1.82, 2.24) is 19.9 Å². The Balaban J connectivity index is 1.63. The van der Waals surface area contributed by atoms with E-state index in [1.807, 2.05) is 48.5 Å². The number of ether oxygens (including phenoxy) is 2. The number of nitrogens with one attached hydrogen (secondary N) is 3. The van der Waals surface area contributed by atoms with E-state index in [1.165, 1.54) is 0 Å². The summed E-state index contributed by atoms with van der Waals surface area (Å²) in [6, 6.07) is 15.1. The lowest BCUT2D eigenvalue weighted by Crippen LogP contribution is -2.02. The molecule has 2 aromatic carbocycles. The maximum absolute atomic E-state index is 5.19. The average Bonchev–Trinajstić information content (AvgIpc) is 3.18. The van der Waals surface area contributed by atoms with Gasteiger partial charge in [0.25, 0.3) is 0 Å². The lowest BCUT2D eigenvalue weighted by molar-refractivity contribution is 0.415. The lowest BCUT2D eigenvalue weighted by Gasteiger charge is -2.10. The number of methoxy groups -OCH3 is 2. The molecule has 2 aromatic heterocycles. The zero-order valence-corrected chi connectivity index (χ0v) is 14.9. The molecule has 4 rings (SSSR count). The Morgan fingerprint density at radius 1 is 0.778 bits per heavy atom. The van der Waals surface area contributed by atoms with Crippen LogP contribution in [0.2, 0.25) is 0 Å². The Labute approximate surface area is 155 Å². The normalized spacial score (nSPS) is 10.6. The first kappa shape index (κ1) is 16.6. The fourth-order valence-corrected chi connectivity index (χ4v) is 2.59. The van der Waals surface area contributed by atoms with Gasteiger partial charge in [0, 0.05) is 11.4 Å². The molecule has 0 spiro atoms. The summed E-state index contributed by atoms with van der Waals surface area (Å²) >= 11 is 0. The van der Waals surface area contributed by atoms with E-state index in [0.29, 0.717) is 17.4 Å². The number of H-pyrrole nitrogens is 1. The predicted octanol–water partition coefficient (Wildman–Crippen LogP) is 3.86. The number of nitrogens with zero attached hydrogens (tertiary/aromatic N) is 3. The number of hydrogen-bond acceptors (Lipinski definition) is 7. The van der Waals surface area contributed by atoms with Gasteiger partial charge in [-0.1, -0.05) is 0 Å². The van der Waals surface area contributed by atoms with Crippen LogP contribution in [-0.2, 0) is 0 Å². The van der Waals surface area contributed by atoms with E-state index in [0.717, 1.165) is 28.4 Å². The molecule has 0 fully saturated rings. The number of benzene rings is 2. The van der Waals surface area contributed by atoms with Gasteiger partial charge in [-0.3, -0.25) is 0 Å². The average molecular weight is 362 g/mol. The van der Waals surface area contributed by atoms with Crippen LogP contribution in [0.15, 0.2) is 54.9 Å². The maximum atomic E-state index is 5.19. The van der Waals surface area contributed by atoms with E-state index in [4.69, 9.17) is 9.47 Å². The van der Waals surface area contributed by atoms with Crippen molar-refractivity contribution in [2.24, 2.45) is 0 Å². The lowest BCUT2D eigenvalue weighted by atomic mass is 10.3. The predicted molar refractivity (Wildman–Crippen MR) is 104 cm³/mol. The van der Waals surface area contributed by atoms with Gasteiger partial charge in [0.05, 0.1) is 20.5 Å². The maximum Gasteiger partial charge on any atom is 0.231 e. The number of fused-ring (bicyclic) bond motifs is 1. The zero-order valence-electron chi connectivity index (χ0n) is 14.9. The van der Waals surface area contributed by atoms with E-state index in [-0.39, 0.29) is 0 Å². The molecule has 0 unspecified atom stereocenters. The van der Waals surface area contributed by atoms with Crippen molar-refractivity contribution in [2.45, 2.75) is 0 Å². The molecule has 0 bridgehead atoms. The number of aromatic nitrogens is 4. The highest BCUT2D eigenvalue weighted by atomic mass is 16.5. The van der Waals surface area contributed by atoms with Crippen LogP contribution in [0.1, 0.15) is 0 Å². The van der Waals surface area contributed by atoms with Gasteiger partial charge in [-0.2, -0.15) is 9.97 Å². The van der Waals surface area contributed by atoms with Crippen molar-refractivity contribution in [1.29, 1.82) is 0 Å². The third-order valence-corrected chi connectivity index (χ3v) is 3.98. The summed E-state index contributed by atoms with van der Waals surface area (Å²) in [6.45, 7) is 0. The van der Waals surface area contributed by atoms with Crippen molar-refractivity contribution in [3.63, 3.8) is 0 Å². The highest BCUT2D eigenvalue weighted by Crippen LogP contribution is 2.26. The molecule has 27 heavy (non-hydrogen) atoms. The Morgan fingerprint density at radius 2 is 1.37 bits per heavy atom. The van der Waals surface area contributed by atoms with Gasteiger partial charge < -0.3 is 25.1 Å². The second-order valence-corrected chi connectivity index (χ2v) is 5.70. The minimum absolute atomic E-state index is 0.441. The zero-order chi connectivity index (χ0) is 18.6. The molecule has 2 heterocycles. The number of anilines is 4. The van der Waals surface area contributed by atoms with E-state index >= 15 is 0 Å². The van der Waals surface area contributed by atoms with E-state index in [1.54, 1.807) is 20.5 Å². The summed E-state index contributed by atoms with van der Waals surface area (Å²) in [6.07, 6.45) is 1.59. The number of imidazole rings is 1. The first-order chi connectivity index (χ1) is 13.2. The molecular formula is C19H18N6O2. The van der Waals surface area contributed by atoms with Gasteiger partial charge in [0.15, 0.2) is 11.5 Å². The first-order valence-corrected chi connectivity index (χ1v) is 8.28. The summed E-state index contributed by atoms with van der Waals surface area (Å²) in [5.74, 6) is 2.64. The molecule has 0 aliphatic rings. The van der Waals surface area contributed by atoms with Gasteiger partial charge in [-0.25, -0.2) is 4.98 Å². The molecule has 136 valence electrons. The number of aromatic amines is 1. The third kappa shape index (κ3) is 3.59. The Bertz CT molecular complexity index is 1040.